The number of rotatable bonds is 7. The van der Waals surface area contributed by atoms with Crippen molar-refractivity contribution in [1.29, 1.82) is 0 Å². The van der Waals surface area contributed by atoms with Crippen LogP contribution in [0.25, 0.3) is 0 Å². The van der Waals surface area contributed by atoms with Gasteiger partial charge in [0.1, 0.15) is 6.04 Å². The summed E-state index contributed by atoms with van der Waals surface area (Å²) in [4.78, 5) is 34.0. The molecule has 2 aromatic rings. The van der Waals surface area contributed by atoms with Crippen molar-refractivity contribution < 1.29 is 19.1 Å². The van der Waals surface area contributed by atoms with Crippen LogP contribution in [0, 0.1) is 0 Å². The Morgan fingerprint density at radius 2 is 1.59 bits per heavy atom. The number of azo groups is 1. The predicted octanol–water partition coefficient (Wildman–Crippen LogP) is 2.64. The number of anilines is 1. The number of nitrogens with zero attached hydrogens (tertiary/aromatic N) is 2. The van der Waals surface area contributed by atoms with Gasteiger partial charge in [-0.3, -0.25) is 4.79 Å². The van der Waals surface area contributed by atoms with Gasteiger partial charge in [-0.1, -0.05) is 18.2 Å². The molecule has 0 heterocycles. The Bertz CT molecular complexity index is 821. The number of ether oxygens (including phenoxy) is 1. The fraction of sp³-hybridized carbons (Fsp3) is 0.167. The Labute approximate surface area is 155 Å². The van der Waals surface area contributed by atoms with E-state index < -0.39 is 30.6 Å². The van der Waals surface area contributed by atoms with Gasteiger partial charge in [0.05, 0.1) is 11.4 Å². The van der Waals surface area contributed by atoms with E-state index in [0.717, 1.165) is 5.69 Å². The van der Waals surface area contributed by atoms with E-state index in [1.54, 1.807) is 24.3 Å². The normalized spacial score (nSPS) is 11.6. The number of amides is 3. The van der Waals surface area contributed by atoms with Crippen molar-refractivity contribution in [3.05, 3.63) is 54.6 Å². The monoisotopic (exact) mass is 369 g/mol. The average Bonchev–Trinajstić information content (AvgIpc) is 2.66. The van der Waals surface area contributed by atoms with Crippen LogP contribution in [0.5, 0.6) is 0 Å². The molecule has 0 radical (unpaired) electrons. The first-order valence-electron chi connectivity index (χ1n) is 8.03. The van der Waals surface area contributed by atoms with Crippen LogP contribution >= 0.6 is 0 Å². The van der Waals surface area contributed by atoms with Crippen LogP contribution in [-0.2, 0) is 14.3 Å². The van der Waals surface area contributed by atoms with E-state index in [1.165, 1.54) is 6.92 Å². The largest absolute Gasteiger partial charge is 0.454 e. The number of hydrogen-bond acceptors (Lipinski definition) is 6. The number of nitrogens with one attached hydrogen (secondary N) is 2. The summed E-state index contributed by atoms with van der Waals surface area (Å²) in [5, 5.41) is 12.9. The van der Waals surface area contributed by atoms with Crippen LogP contribution in [-0.4, -0.2) is 30.6 Å². The summed E-state index contributed by atoms with van der Waals surface area (Å²) >= 11 is 0. The minimum absolute atomic E-state index is 0.487. The lowest BCUT2D eigenvalue weighted by Crippen LogP contribution is -2.43. The number of hydrogen-bond donors (Lipinski definition) is 3. The van der Waals surface area contributed by atoms with Gasteiger partial charge in [-0.2, -0.15) is 10.2 Å². The van der Waals surface area contributed by atoms with E-state index >= 15 is 0 Å². The van der Waals surface area contributed by atoms with Crippen LogP contribution in [0.3, 0.4) is 0 Å². The fourth-order valence-corrected chi connectivity index (χ4v) is 1.95. The van der Waals surface area contributed by atoms with Crippen LogP contribution in [0.4, 0.5) is 21.9 Å². The van der Waals surface area contributed by atoms with Gasteiger partial charge in [-0.15, -0.1) is 0 Å². The summed E-state index contributed by atoms with van der Waals surface area (Å²) in [5.41, 5.74) is 6.77. The van der Waals surface area contributed by atoms with Crippen molar-refractivity contribution in [1.82, 2.24) is 5.32 Å². The molecule has 0 bridgehead atoms. The van der Waals surface area contributed by atoms with Gasteiger partial charge < -0.3 is 21.1 Å². The number of esters is 1. The number of carbonyl (C=O) groups excluding carboxylic acids is 3. The molecule has 3 amide bonds. The molecule has 0 saturated carbocycles. The van der Waals surface area contributed by atoms with Crippen molar-refractivity contribution in [3.63, 3.8) is 0 Å². The zero-order valence-electron chi connectivity index (χ0n) is 14.6. The standard InChI is InChI=1S/C18H19N5O4/c1-12(20-18(19)26)17(25)27-11-16(24)21-13-7-9-15(10-8-13)23-22-14-5-3-2-4-6-14/h2-10,12H,11H2,1H3,(H,21,24)(H3,19,20,26)/t12-/m1/s1. The molecular formula is C18H19N5O4. The highest BCUT2D eigenvalue weighted by Crippen LogP contribution is 2.19. The minimum Gasteiger partial charge on any atom is -0.454 e. The summed E-state index contributed by atoms with van der Waals surface area (Å²) < 4.78 is 4.80. The first-order valence-corrected chi connectivity index (χ1v) is 8.03. The van der Waals surface area contributed by atoms with E-state index in [9.17, 15) is 14.4 Å². The highest BCUT2D eigenvalue weighted by molar-refractivity contribution is 5.93. The molecule has 0 spiro atoms. The Balaban J connectivity index is 1.81. The molecule has 2 rings (SSSR count). The van der Waals surface area contributed by atoms with Gasteiger partial charge in [0.25, 0.3) is 5.91 Å². The smallest absolute Gasteiger partial charge is 0.328 e. The Hall–Kier alpha value is -3.75. The molecule has 0 fully saturated rings. The van der Waals surface area contributed by atoms with Crippen LogP contribution in [0.1, 0.15) is 6.92 Å². The Morgan fingerprint density at radius 3 is 2.19 bits per heavy atom. The Morgan fingerprint density at radius 1 is 1.00 bits per heavy atom. The third-order valence-electron chi connectivity index (χ3n) is 3.25. The van der Waals surface area contributed by atoms with Gasteiger partial charge in [0.2, 0.25) is 0 Å². The van der Waals surface area contributed by atoms with Crippen molar-refractivity contribution >= 4 is 35.0 Å². The summed E-state index contributed by atoms with van der Waals surface area (Å²) in [6.07, 6.45) is 0. The zero-order chi connectivity index (χ0) is 19.6. The zero-order valence-corrected chi connectivity index (χ0v) is 14.6. The molecule has 2 aromatic carbocycles. The van der Waals surface area contributed by atoms with Gasteiger partial charge in [0, 0.05) is 5.69 Å². The number of primary amides is 1. The topological polar surface area (TPSA) is 135 Å². The molecule has 9 nitrogen and oxygen atoms in total. The second kappa shape index (κ2) is 9.66. The maximum absolute atomic E-state index is 11.8. The molecule has 0 aliphatic heterocycles. The fourth-order valence-electron chi connectivity index (χ4n) is 1.95. The number of carbonyl (C=O) groups is 3. The van der Waals surface area contributed by atoms with E-state index in [-0.39, 0.29) is 0 Å². The van der Waals surface area contributed by atoms with E-state index in [0.29, 0.717) is 11.4 Å². The number of benzene rings is 2. The average molecular weight is 369 g/mol. The van der Waals surface area contributed by atoms with E-state index in [4.69, 9.17) is 10.5 Å². The van der Waals surface area contributed by atoms with Crippen LogP contribution in [0.15, 0.2) is 64.8 Å². The minimum atomic E-state index is -0.940. The molecule has 0 aliphatic rings. The molecule has 0 aliphatic carbocycles. The Kier molecular flexibility index (Phi) is 7.00. The molecule has 9 heteroatoms. The van der Waals surface area contributed by atoms with Crippen molar-refractivity contribution in [2.45, 2.75) is 13.0 Å². The molecule has 0 unspecified atom stereocenters. The molecule has 0 aromatic heterocycles. The van der Waals surface area contributed by atoms with E-state index in [1.807, 2.05) is 30.3 Å². The third kappa shape index (κ3) is 6.94. The molecule has 4 N–H and O–H groups in total. The number of urea groups is 1. The summed E-state index contributed by atoms with van der Waals surface area (Å²) in [6, 6.07) is 14.2. The van der Waals surface area contributed by atoms with Gasteiger partial charge >= 0.3 is 12.0 Å². The molecule has 0 saturated heterocycles. The maximum Gasteiger partial charge on any atom is 0.328 e. The quantitative estimate of drug-likeness (QED) is 0.510. The SMILES string of the molecule is C[C@@H](NC(N)=O)C(=O)OCC(=O)Nc1ccc(N=Nc2ccccc2)cc1. The van der Waals surface area contributed by atoms with Crippen molar-refractivity contribution in [3.8, 4) is 0 Å². The highest BCUT2D eigenvalue weighted by Gasteiger charge is 2.16. The van der Waals surface area contributed by atoms with Crippen molar-refractivity contribution in [2.75, 3.05) is 11.9 Å². The lowest BCUT2D eigenvalue weighted by atomic mass is 10.3. The van der Waals surface area contributed by atoms with Gasteiger partial charge in [0.15, 0.2) is 6.61 Å². The highest BCUT2D eigenvalue weighted by atomic mass is 16.5. The molecule has 140 valence electrons. The van der Waals surface area contributed by atoms with Crippen LogP contribution < -0.4 is 16.4 Å². The van der Waals surface area contributed by atoms with Gasteiger partial charge in [-0.25, -0.2) is 9.59 Å². The lowest BCUT2D eigenvalue weighted by molar-refractivity contribution is -0.148. The summed E-state index contributed by atoms with van der Waals surface area (Å²) in [6.45, 7) is 0.910. The summed E-state index contributed by atoms with van der Waals surface area (Å²) in [5.74, 6) is -1.28. The van der Waals surface area contributed by atoms with Crippen molar-refractivity contribution in [2.24, 2.45) is 16.0 Å². The first-order chi connectivity index (χ1) is 12.9. The molecule has 1 atom stereocenters. The van der Waals surface area contributed by atoms with Crippen LogP contribution in [0.2, 0.25) is 0 Å². The van der Waals surface area contributed by atoms with Gasteiger partial charge in [-0.05, 0) is 43.3 Å². The lowest BCUT2D eigenvalue weighted by Gasteiger charge is -2.11. The summed E-state index contributed by atoms with van der Waals surface area (Å²) in [7, 11) is 0. The first kappa shape index (κ1) is 19.6. The predicted molar refractivity (Wildman–Crippen MR) is 98.8 cm³/mol. The second-order valence-electron chi connectivity index (χ2n) is 5.47. The number of nitrogens with two attached hydrogens (primary N) is 1. The van der Waals surface area contributed by atoms with E-state index in [2.05, 4.69) is 20.9 Å². The molecule has 27 heavy (non-hydrogen) atoms. The second-order valence-corrected chi connectivity index (χ2v) is 5.47. The third-order valence-corrected chi connectivity index (χ3v) is 3.25. The molecular weight excluding hydrogens is 350 g/mol. The maximum atomic E-state index is 11.8.